The highest BCUT2D eigenvalue weighted by atomic mass is 79.9. The second-order valence-corrected chi connectivity index (χ2v) is 7.72. The number of para-hydroxylation sites is 1. The third kappa shape index (κ3) is 4.24. The van der Waals surface area contributed by atoms with Gasteiger partial charge in [-0.1, -0.05) is 94.8 Å². The molecule has 1 aliphatic heterocycles. The van der Waals surface area contributed by atoms with Crippen LogP contribution in [0.4, 0.5) is 5.69 Å². The van der Waals surface area contributed by atoms with Gasteiger partial charge in [0, 0.05) is 23.3 Å². The minimum atomic E-state index is -0.387. The van der Waals surface area contributed by atoms with Gasteiger partial charge >= 0.3 is 0 Å². The number of benzene rings is 3. The summed E-state index contributed by atoms with van der Waals surface area (Å²) in [5, 5.41) is 3.10. The third-order valence-corrected chi connectivity index (χ3v) is 5.62. The van der Waals surface area contributed by atoms with E-state index in [1.54, 1.807) is 0 Å². The topological polar surface area (TPSA) is 32.3 Å². The first-order chi connectivity index (χ1) is 13.7. The van der Waals surface area contributed by atoms with E-state index >= 15 is 0 Å². The molecule has 4 rings (SSSR count). The van der Waals surface area contributed by atoms with E-state index in [0.717, 1.165) is 21.3 Å². The maximum absolute atomic E-state index is 13.1. The highest BCUT2D eigenvalue weighted by Gasteiger charge is 2.29. The molecule has 1 aliphatic rings. The molecule has 28 heavy (non-hydrogen) atoms. The predicted molar refractivity (Wildman–Crippen MR) is 118 cm³/mol. The van der Waals surface area contributed by atoms with E-state index < -0.39 is 0 Å². The predicted octanol–water partition coefficient (Wildman–Crippen LogP) is 5.45. The first kappa shape index (κ1) is 18.7. The number of amides is 1. The second kappa shape index (κ2) is 8.55. The van der Waals surface area contributed by atoms with Gasteiger partial charge in [-0.15, -0.1) is 0 Å². The summed E-state index contributed by atoms with van der Waals surface area (Å²) in [6.45, 7) is 1.39. The summed E-state index contributed by atoms with van der Waals surface area (Å²) in [5.74, 6) is -0.0197. The average molecular weight is 433 g/mol. The zero-order valence-corrected chi connectivity index (χ0v) is 17.0. The first-order valence-corrected chi connectivity index (χ1v) is 10.1. The maximum Gasteiger partial charge on any atom is 0.245 e. The lowest BCUT2D eigenvalue weighted by Gasteiger charge is -2.26. The Hall–Kier alpha value is -2.69. The summed E-state index contributed by atoms with van der Waals surface area (Å²) in [4.78, 5) is 15.3. The fourth-order valence-electron chi connectivity index (χ4n) is 3.46. The third-order valence-electron chi connectivity index (χ3n) is 4.89. The van der Waals surface area contributed by atoms with Crippen LogP contribution in [0.2, 0.25) is 0 Å². The number of carbonyl (C=O) groups excluding carboxylic acids is 1. The SMILES string of the molecule is O=C1Nc2ccccc2CN(Cc2ccccc2)C1/C=C(\Br)c1ccccc1. The number of nitrogens with one attached hydrogen (secondary N) is 1. The van der Waals surface area contributed by atoms with Crippen molar-refractivity contribution in [1.82, 2.24) is 4.90 Å². The van der Waals surface area contributed by atoms with Gasteiger partial charge in [0.25, 0.3) is 0 Å². The van der Waals surface area contributed by atoms with E-state index in [1.807, 2.05) is 72.8 Å². The van der Waals surface area contributed by atoms with Crippen LogP contribution < -0.4 is 5.32 Å². The average Bonchev–Trinajstić information content (AvgIpc) is 2.86. The molecule has 0 spiro atoms. The van der Waals surface area contributed by atoms with Gasteiger partial charge in [-0.25, -0.2) is 0 Å². The van der Waals surface area contributed by atoms with Crippen molar-refractivity contribution in [3.8, 4) is 0 Å². The molecule has 0 bridgehead atoms. The van der Waals surface area contributed by atoms with E-state index in [4.69, 9.17) is 0 Å². The number of halogens is 1. The Labute approximate surface area is 173 Å². The highest BCUT2D eigenvalue weighted by Crippen LogP contribution is 2.28. The number of hydrogen-bond donors (Lipinski definition) is 1. The van der Waals surface area contributed by atoms with Crippen LogP contribution in [0.3, 0.4) is 0 Å². The minimum absolute atomic E-state index is 0.0197. The molecule has 1 N–H and O–H groups in total. The maximum atomic E-state index is 13.1. The van der Waals surface area contributed by atoms with Crippen LogP contribution >= 0.6 is 15.9 Å². The molecular weight excluding hydrogens is 412 g/mol. The first-order valence-electron chi connectivity index (χ1n) is 9.30. The van der Waals surface area contributed by atoms with Gasteiger partial charge in [0.05, 0.1) is 0 Å². The lowest BCUT2D eigenvalue weighted by atomic mass is 10.1. The highest BCUT2D eigenvalue weighted by molar-refractivity contribution is 9.15. The summed E-state index contributed by atoms with van der Waals surface area (Å²) in [5.41, 5.74) is 4.25. The van der Waals surface area contributed by atoms with Crippen molar-refractivity contribution < 1.29 is 4.79 Å². The van der Waals surface area contributed by atoms with Gasteiger partial charge in [0.15, 0.2) is 0 Å². The number of hydrogen-bond acceptors (Lipinski definition) is 2. The van der Waals surface area contributed by atoms with E-state index in [1.165, 1.54) is 5.56 Å². The summed E-state index contributed by atoms with van der Waals surface area (Å²) in [6, 6.07) is 27.9. The van der Waals surface area contributed by atoms with Crippen LogP contribution in [0.5, 0.6) is 0 Å². The van der Waals surface area contributed by atoms with Crippen molar-refractivity contribution in [3.63, 3.8) is 0 Å². The van der Waals surface area contributed by atoms with Crippen LogP contribution in [0.1, 0.15) is 16.7 Å². The van der Waals surface area contributed by atoms with Crippen molar-refractivity contribution in [2.75, 3.05) is 5.32 Å². The molecule has 0 saturated heterocycles. The number of nitrogens with zero attached hydrogens (tertiary/aromatic N) is 1. The molecule has 3 nitrogen and oxygen atoms in total. The van der Waals surface area contributed by atoms with E-state index in [0.29, 0.717) is 13.1 Å². The molecule has 1 atom stereocenters. The molecule has 0 radical (unpaired) electrons. The van der Waals surface area contributed by atoms with Gasteiger partial charge in [0.1, 0.15) is 6.04 Å². The molecule has 0 saturated carbocycles. The standard InChI is InChI=1S/C24H21BrN2O/c25-21(19-11-5-2-6-12-19)15-23-24(28)26-22-14-8-7-13-20(22)17-27(23)16-18-9-3-1-4-10-18/h1-15,23H,16-17H2,(H,26,28)/b21-15-. The Kier molecular flexibility index (Phi) is 5.70. The Morgan fingerprint density at radius 2 is 1.61 bits per heavy atom. The van der Waals surface area contributed by atoms with Crippen LogP contribution in [-0.2, 0) is 17.9 Å². The second-order valence-electron chi connectivity index (χ2n) is 6.86. The van der Waals surface area contributed by atoms with E-state index in [2.05, 4.69) is 44.3 Å². The fourth-order valence-corrected chi connectivity index (χ4v) is 3.97. The van der Waals surface area contributed by atoms with Gasteiger partial charge in [-0.3, -0.25) is 9.69 Å². The van der Waals surface area contributed by atoms with Crippen LogP contribution in [-0.4, -0.2) is 16.8 Å². The van der Waals surface area contributed by atoms with Gasteiger partial charge < -0.3 is 5.32 Å². The summed E-state index contributed by atoms with van der Waals surface area (Å²) < 4.78 is 0.914. The Morgan fingerprint density at radius 1 is 0.964 bits per heavy atom. The van der Waals surface area contributed by atoms with E-state index in [-0.39, 0.29) is 11.9 Å². The van der Waals surface area contributed by atoms with E-state index in [9.17, 15) is 4.79 Å². The Morgan fingerprint density at radius 3 is 2.36 bits per heavy atom. The normalized spacial score (nSPS) is 17.5. The molecule has 0 aromatic heterocycles. The minimum Gasteiger partial charge on any atom is -0.324 e. The van der Waals surface area contributed by atoms with Crippen molar-refractivity contribution in [2.45, 2.75) is 19.1 Å². The zero-order chi connectivity index (χ0) is 19.3. The number of carbonyl (C=O) groups is 1. The number of anilines is 1. The zero-order valence-electron chi connectivity index (χ0n) is 15.4. The molecule has 3 aromatic rings. The molecular formula is C24H21BrN2O. The molecule has 0 fully saturated rings. The van der Waals surface area contributed by atoms with Crippen LogP contribution in [0.15, 0.2) is 91.0 Å². The van der Waals surface area contributed by atoms with Gasteiger partial charge in [-0.2, -0.15) is 0 Å². The van der Waals surface area contributed by atoms with Crippen molar-refractivity contribution >= 4 is 32.0 Å². The quantitative estimate of drug-likeness (QED) is 0.594. The molecule has 1 unspecified atom stereocenters. The summed E-state index contributed by atoms with van der Waals surface area (Å²) in [7, 11) is 0. The van der Waals surface area contributed by atoms with Gasteiger partial charge in [0.2, 0.25) is 5.91 Å². The van der Waals surface area contributed by atoms with Gasteiger partial charge in [-0.05, 0) is 28.8 Å². The van der Waals surface area contributed by atoms with Crippen LogP contribution in [0.25, 0.3) is 4.48 Å². The molecule has 1 heterocycles. The largest absolute Gasteiger partial charge is 0.324 e. The monoisotopic (exact) mass is 432 g/mol. The Bertz CT molecular complexity index is 986. The summed E-state index contributed by atoms with van der Waals surface area (Å²) in [6.07, 6.45) is 2.00. The molecule has 0 aliphatic carbocycles. The number of rotatable bonds is 4. The molecule has 4 heteroatoms. The molecule has 1 amide bonds. The Balaban J connectivity index is 1.71. The smallest absolute Gasteiger partial charge is 0.245 e. The molecule has 140 valence electrons. The number of fused-ring (bicyclic) bond motifs is 1. The van der Waals surface area contributed by atoms with Crippen molar-refractivity contribution in [1.29, 1.82) is 0 Å². The van der Waals surface area contributed by atoms with Crippen molar-refractivity contribution in [2.24, 2.45) is 0 Å². The fraction of sp³-hybridized carbons (Fsp3) is 0.125. The summed E-state index contributed by atoms with van der Waals surface area (Å²) >= 11 is 3.68. The van der Waals surface area contributed by atoms with Crippen molar-refractivity contribution in [3.05, 3.63) is 108 Å². The lowest BCUT2D eigenvalue weighted by Crippen LogP contribution is -2.40. The molecule has 3 aromatic carbocycles. The lowest BCUT2D eigenvalue weighted by molar-refractivity contribution is -0.119. The van der Waals surface area contributed by atoms with Crippen LogP contribution in [0, 0.1) is 0 Å².